The van der Waals surface area contributed by atoms with Gasteiger partial charge in [0.05, 0.1) is 0 Å². The molecule has 0 heterocycles. The number of amides is 2. The van der Waals surface area contributed by atoms with Crippen molar-refractivity contribution in [3.05, 3.63) is 35.9 Å². The molecule has 1 saturated carbocycles. The van der Waals surface area contributed by atoms with Gasteiger partial charge in [0.25, 0.3) is 0 Å². The fourth-order valence-corrected chi connectivity index (χ4v) is 2.16. The molecule has 0 radical (unpaired) electrons. The lowest BCUT2D eigenvalue weighted by atomic mass is 10.1. The third-order valence-corrected chi connectivity index (χ3v) is 3.49. The molecule has 2 rings (SSSR count). The minimum Gasteiger partial charge on any atom is -0.444 e. The van der Waals surface area contributed by atoms with Gasteiger partial charge in [0.1, 0.15) is 11.6 Å². The summed E-state index contributed by atoms with van der Waals surface area (Å²) in [7, 11) is 0. The van der Waals surface area contributed by atoms with E-state index in [2.05, 4.69) is 17.6 Å². The molecule has 2 unspecified atom stereocenters. The Kier molecular flexibility index (Phi) is 4.74. The monoisotopic (exact) mass is 304 g/mol. The van der Waals surface area contributed by atoms with Gasteiger partial charge >= 0.3 is 6.09 Å². The van der Waals surface area contributed by atoms with E-state index in [1.165, 1.54) is 0 Å². The minimum absolute atomic E-state index is 0.202. The van der Waals surface area contributed by atoms with Gasteiger partial charge in [-0.1, -0.05) is 37.3 Å². The summed E-state index contributed by atoms with van der Waals surface area (Å²) < 4.78 is 5.25. The van der Waals surface area contributed by atoms with Crippen LogP contribution in [0.2, 0.25) is 0 Å². The molecule has 1 aromatic rings. The molecule has 5 nitrogen and oxygen atoms in total. The summed E-state index contributed by atoms with van der Waals surface area (Å²) in [5.41, 5.74) is 0.131. The molecule has 0 aromatic heterocycles. The van der Waals surface area contributed by atoms with Crippen LogP contribution in [0.5, 0.6) is 0 Å². The molecule has 0 saturated heterocycles. The van der Waals surface area contributed by atoms with E-state index in [9.17, 15) is 9.59 Å². The predicted octanol–water partition coefficient (Wildman–Crippen LogP) is 2.78. The van der Waals surface area contributed by atoms with E-state index in [0.29, 0.717) is 5.92 Å². The van der Waals surface area contributed by atoms with E-state index in [0.717, 1.165) is 12.0 Å². The second-order valence-corrected chi connectivity index (χ2v) is 6.82. The third-order valence-electron chi connectivity index (χ3n) is 3.49. The van der Waals surface area contributed by atoms with E-state index in [1.54, 1.807) is 20.8 Å². The van der Waals surface area contributed by atoms with Crippen molar-refractivity contribution in [1.82, 2.24) is 10.6 Å². The van der Waals surface area contributed by atoms with Crippen LogP contribution >= 0.6 is 0 Å². The average molecular weight is 304 g/mol. The number of nitrogens with one attached hydrogen (secondary N) is 2. The van der Waals surface area contributed by atoms with E-state index in [4.69, 9.17) is 4.74 Å². The van der Waals surface area contributed by atoms with Gasteiger partial charge in [-0.3, -0.25) is 4.79 Å². The molecule has 1 aromatic carbocycles. The lowest BCUT2D eigenvalue weighted by molar-refractivity contribution is -0.123. The Morgan fingerprint density at radius 3 is 2.32 bits per heavy atom. The van der Waals surface area contributed by atoms with Crippen molar-refractivity contribution in [2.24, 2.45) is 5.92 Å². The van der Waals surface area contributed by atoms with Crippen LogP contribution < -0.4 is 10.6 Å². The molecule has 5 heteroatoms. The number of hydrogen-bond acceptors (Lipinski definition) is 3. The van der Waals surface area contributed by atoms with Crippen molar-refractivity contribution in [2.75, 3.05) is 0 Å². The maximum atomic E-state index is 12.5. The summed E-state index contributed by atoms with van der Waals surface area (Å²) in [4.78, 5) is 24.5. The van der Waals surface area contributed by atoms with Gasteiger partial charge in [0.2, 0.25) is 5.91 Å². The first-order chi connectivity index (χ1) is 10.3. The quantitative estimate of drug-likeness (QED) is 0.899. The maximum absolute atomic E-state index is 12.5. The zero-order valence-electron chi connectivity index (χ0n) is 13.6. The van der Waals surface area contributed by atoms with Gasteiger partial charge in [0, 0.05) is 6.04 Å². The Morgan fingerprint density at radius 2 is 1.82 bits per heavy atom. The van der Waals surface area contributed by atoms with Crippen LogP contribution in [0, 0.1) is 5.92 Å². The SMILES string of the molecule is CC1CC1NC(=O)[C@@H](NC(=O)OC(C)(C)C)c1ccccc1. The Balaban J connectivity index is 2.08. The number of rotatable bonds is 4. The Labute approximate surface area is 131 Å². The number of hydrogen-bond donors (Lipinski definition) is 2. The van der Waals surface area contributed by atoms with Gasteiger partial charge in [-0.25, -0.2) is 4.79 Å². The van der Waals surface area contributed by atoms with E-state index in [-0.39, 0.29) is 11.9 Å². The van der Waals surface area contributed by atoms with E-state index < -0.39 is 17.7 Å². The lowest BCUT2D eigenvalue weighted by Crippen LogP contribution is -2.43. The Hall–Kier alpha value is -2.04. The van der Waals surface area contributed by atoms with Crippen LogP contribution in [-0.4, -0.2) is 23.6 Å². The molecular weight excluding hydrogens is 280 g/mol. The smallest absolute Gasteiger partial charge is 0.408 e. The molecule has 1 aliphatic rings. The molecule has 1 fully saturated rings. The molecule has 0 aliphatic heterocycles. The van der Waals surface area contributed by atoms with Gasteiger partial charge in [-0.15, -0.1) is 0 Å². The summed E-state index contributed by atoms with van der Waals surface area (Å²) in [6.07, 6.45) is 0.389. The molecular formula is C17H24N2O3. The van der Waals surface area contributed by atoms with Crippen LogP contribution in [0.4, 0.5) is 4.79 Å². The molecule has 2 N–H and O–H groups in total. The first-order valence-corrected chi connectivity index (χ1v) is 7.61. The molecule has 3 atom stereocenters. The normalized spacial score (nSPS) is 21.6. The molecule has 1 aliphatic carbocycles. The summed E-state index contributed by atoms with van der Waals surface area (Å²) >= 11 is 0. The van der Waals surface area contributed by atoms with E-state index in [1.807, 2.05) is 30.3 Å². The topological polar surface area (TPSA) is 67.4 Å². The minimum atomic E-state index is -0.746. The fraction of sp³-hybridized carbons (Fsp3) is 0.529. The predicted molar refractivity (Wildman–Crippen MR) is 84.3 cm³/mol. The molecule has 0 spiro atoms. The Morgan fingerprint density at radius 1 is 1.23 bits per heavy atom. The van der Waals surface area contributed by atoms with Crippen molar-refractivity contribution >= 4 is 12.0 Å². The zero-order chi connectivity index (χ0) is 16.3. The molecule has 22 heavy (non-hydrogen) atoms. The van der Waals surface area contributed by atoms with Gasteiger partial charge < -0.3 is 15.4 Å². The summed E-state index contributed by atoms with van der Waals surface area (Å²) in [6, 6.07) is 8.64. The highest BCUT2D eigenvalue weighted by atomic mass is 16.6. The van der Waals surface area contributed by atoms with Crippen molar-refractivity contribution in [3.63, 3.8) is 0 Å². The van der Waals surface area contributed by atoms with Gasteiger partial charge in [-0.05, 0) is 38.7 Å². The number of carbonyl (C=O) groups excluding carboxylic acids is 2. The lowest BCUT2D eigenvalue weighted by Gasteiger charge is -2.23. The van der Waals surface area contributed by atoms with Crippen LogP contribution in [0.1, 0.15) is 45.7 Å². The van der Waals surface area contributed by atoms with Crippen LogP contribution in [0.25, 0.3) is 0 Å². The summed E-state index contributed by atoms with van der Waals surface area (Å²) in [5.74, 6) is 0.299. The molecule has 0 bridgehead atoms. The van der Waals surface area contributed by atoms with Crippen molar-refractivity contribution < 1.29 is 14.3 Å². The second-order valence-electron chi connectivity index (χ2n) is 6.82. The van der Waals surface area contributed by atoms with E-state index >= 15 is 0 Å². The number of ether oxygens (including phenoxy) is 1. The highest BCUT2D eigenvalue weighted by Crippen LogP contribution is 2.29. The van der Waals surface area contributed by atoms with Gasteiger partial charge in [-0.2, -0.15) is 0 Å². The summed E-state index contributed by atoms with van der Waals surface area (Å²) in [5, 5.41) is 5.63. The molecule has 2 amide bonds. The van der Waals surface area contributed by atoms with Crippen molar-refractivity contribution in [1.29, 1.82) is 0 Å². The highest BCUT2D eigenvalue weighted by Gasteiger charge is 2.36. The average Bonchev–Trinajstić information content (AvgIpc) is 3.10. The first-order valence-electron chi connectivity index (χ1n) is 7.61. The van der Waals surface area contributed by atoms with Crippen LogP contribution in [0.15, 0.2) is 30.3 Å². The standard InChI is InChI=1S/C17H24N2O3/c1-11-10-13(11)18-15(20)14(12-8-6-5-7-9-12)19-16(21)22-17(2,3)4/h5-9,11,13-14H,10H2,1-4H3,(H,18,20)(H,19,21)/t11?,13?,14-/m0/s1. The zero-order valence-corrected chi connectivity index (χ0v) is 13.6. The first kappa shape index (κ1) is 16.3. The number of benzene rings is 1. The number of carbonyl (C=O) groups is 2. The molecule has 120 valence electrons. The highest BCUT2D eigenvalue weighted by molar-refractivity contribution is 5.87. The van der Waals surface area contributed by atoms with Crippen LogP contribution in [-0.2, 0) is 9.53 Å². The Bertz CT molecular complexity index is 537. The fourth-order valence-electron chi connectivity index (χ4n) is 2.16. The second kappa shape index (κ2) is 6.38. The van der Waals surface area contributed by atoms with Crippen LogP contribution in [0.3, 0.4) is 0 Å². The van der Waals surface area contributed by atoms with Crippen molar-refractivity contribution in [2.45, 2.75) is 51.8 Å². The number of alkyl carbamates (subject to hydrolysis) is 1. The third kappa shape index (κ3) is 4.76. The summed E-state index contributed by atoms with van der Waals surface area (Å²) in [6.45, 7) is 7.45. The maximum Gasteiger partial charge on any atom is 0.408 e. The van der Waals surface area contributed by atoms with Gasteiger partial charge in [0.15, 0.2) is 0 Å². The largest absolute Gasteiger partial charge is 0.444 e. The van der Waals surface area contributed by atoms with Crippen molar-refractivity contribution in [3.8, 4) is 0 Å².